The number of rotatable bonds is 4. The molecule has 6 heteroatoms. The Labute approximate surface area is 122 Å². The van der Waals surface area contributed by atoms with Crippen LogP contribution in [0.15, 0.2) is 18.2 Å². The summed E-state index contributed by atoms with van der Waals surface area (Å²) in [5, 5.41) is 5.51. The highest BCUT2D eigenvalue weighted by Gasteiger charge is 2.16. The van der Waals surface area contributed by atoms with Crippen molar-refractivity contribution in [3.8, 4) is 0 Å². The van der Waals surface area contributed by atoms with E-state index in [1.807, 2.05) is 13.8 Å². The van der Waals surface area contributed by atoms with Crippen LogP contribution in [0.1, 0.15) is 20.3 Å². The minimum absolute atomic E-state index is 0.245. The molecule has 104 valence electrons. The number of anilines is 1. The van der Waals surface area contributed by atoms with Gasteiger partial charge in [0.05, 0.1) is 15.7 Å². The third-order valence-corrected chi connectivity index (χ3v) is 3.04. The molecule has 0 saturated carbocycles. The Kier molecular flexibility index (Phi) is 6.12. The van der Waals surface area contributed by atoms with Gasteiger partial charge < -0.3 is 10.6 Å². The van der Waals surface area contributed by atoms with E-state index < -0.39 is 11.8 Å². The fourth-order valence-corrected chi connectivity index (χ4v) is 1.83. The minimum Gasteiger partial charge on any atom is -0.348 e. The highest BCUT2D eigenvalue weighted by Crippen LogP contribution is 2.29. The van der Waals surface area contributed by atoms with Crippen LogP contribution >= 0.6 is 23.2 Å². The van der Waals surface area contributed by atoms with Gasteiger partial charge in [0.2, 0.25) is 0 Å². The monoisotopic (exact) mass is 302 g/mol. The third kappa shape index (κ3) is 5.09. The molecule has 0 saturated heterocycles. The molecule has 2 N–H and O–H groups in total. The van der Waals surface area contributed by atoms with Gasteiger partial charge >= 0.3 is 11.8 Å². The van der Waals surface area contributed by atoms with Crippen molar-refractivity contribution in [3.63, 3.8) is 0 Å². The fraction of sp³-hybridized carbons (Fsp3) is 0.385. The van der Waals surface area contributed by atoms with Crippen LogP contribution in [0, 0.1) is 5.92 Å². The first-order valence-corrected chi connectivity index (χ1v) is 6.70. The number of hydrogen-bond donors (Lipinski definition) is 2. The molecule has 0 fully saturated rings. The van der Waals surface area contributed by atoms with E-state index in [0.29, 0.717) is 12.5 Å². The molecular formula is C13H16Cl2N2O2. The number of hydrogen-bond acceptors (Lipinski definition) is 2. The van der Waals surface area contributed by atoms with E-state index in [1.165, 1.54) is 0 Å². The van der Waals surface area contributed by atoms with E-state index in [1.54, 1.807) is 18.2 Å². The van der Waals surface area contributed by atoms with Crippen LogP contribution in [0.4, 0.5) is 5.69 Å². The van der Waals surface area contributed by atoms with Gasteiger partial charge in [0.1, 0.15) is 0 Å². The SMILES string of the molecule is CC(C)CCNC(=O)C(=O)Nc1c(Cl)cccc1Cl. The standard InChI is InChI=1S/C13H16Cl2N2O2/c1-8(2)6-7-16-12(18)13(19)17-11-9(14)4-3-5-10(11)15/h3-5,8H,6-7H2,1-2H3,(H,16,18)(H,17,19). The molecule has 0 aromatic heterocycles. The Morgan fingerprint density at radius 1 is 1.16 bits per heavy atom. The first-order valence-electron chi connectivity index (χ1n) is 5.95. The zero-order valence-corrected chi connectivity index (χ0v) is 12.3. The predicted molar refractivity (Wildman–Crippen MR) is 77.6 cm³/mol. The van der Waals surface area contributed by atoms with Crippen molar-refractivity contribution < 1.29 is 9.59 Å². The van der Waals surface area contributed by atoms with Crippen LogP contribution in [0.3, 0.4) is 0 Å². The van der Waals surface area contributed by atoms with Crippen molar-refractivity contribution in [2.45, 2.75) is 20.3 Å². The number of carbonyl (C=O) groups excluding carboxylic acids is 2. The zero-order chi connectivity index (χ0) is 14.4. The summed E-state index contributed by atoms with van der Waals surface area (Å²) in [6.45, 7) is 4.53. The van der Waals surface area contributed by atoms with Gasteiger partial charge in [0, 0.05) is 6.54 Å². The van der Waals surface area contributed by atoms with E-state index in [4.69, 9.17) is 23.2 Å². The molecule has 0 spiro atoms. The second-order valence-electron chi connectivity index (χ2n) is 4.49. The Balaban J connectivity index is 2.57. The van der Waals surface area contributed by atoms with Crippen LogP contribution in [0.25, 0.3) is 0 Å². The van der Waals surface area contributed by atoms with Crippen LogP contribution in [-0.2, 0) is 9.59 Å². The van der Waals surface area contributed by atoms with E-state index in [-0.39, 0.29) is 15.7 Å². The third-order valence-electron chi connectivity index (χ3n) is 2.41. The van der Waals surface area contributed by atoms with Crippen LogP contribution < -0.4 is 10.6 Å². The van der Waals surface area contributed by atoms with Crippen molar-refractivity contribution in [1.29, 1.82) is 0 Å². The molecule has 0 radical (unpaired) electrons. The zero-order valence-electron chi connectivity index (χ0n) is 10.8. The Bertz CT molecular complexity index is 455. The summed E-state index contributed by atoms with van der Waals surface area (Å²) in [4.78, 5) is 23.2. The molecule has 0 heterocycles. The topological polar surface area (TPSA) is 58.2 Å². The van der Waals surface area contributed by atoms with Gasteiger partial charge in [0.15, 0.2) is 0 Å². The molecule has 1 rings (SSSR count). The molecular weight excluding hydrogens is 287 g/mol. The maximum atomic E-state index is 11.7. The summed E-state index contributed by atoms with van der Waals surface area (Å²) in [5.74, 6) is -1.02. The lowest BCUT2D eigenvalue weighted by Gasteiger charge is -2.10. The molecule has 0 aliphatic carbocycles. The van der Waals surface area contributed by atoms with Crippen LogP contribution in [0.5, 0.6) is 0 Å². The molecule has 2 amide bonds. The minimum atomic E-state index is -0.779. The van der Waals surface area contributed by atoms with E-state index in [9.17, 15) is 9.59 Å². The molecule has 0 aliphatic heterocycles. The Hall–Kier alpha value is -1.26. The van der Waals surface area contributed by atoms with Gasteiger partial charge in [-0.3, -0.25) is 9.59 Å². The van der Waals surface area contributed by atoms with Crippen LogP contribution in [0.2, 0.25) is 10.0 Å². The smallest absolute Gasteiger partial charge is 0.313 e. The largest absolute Gasteiger partial charge is 0.348 e. The van der Waals surface area contributed by atoms with Gasteiger partial charge in [-0.2, -0.15) is 0 Å². The summed E-state index contributed by atoms with van der Waals surface area (Å²) in [5.41, 5.74) is 0.245. The molecule has 0 atom stereocenters. The number of nitrogens with one attached hydrogen (secondary N) is 2. The van der Waals surface area contributed by atoms with Crippen LogP contribution in [-0.4, -0.2) is 18.4 Å². The number of para-hydroxylation sites is 1. The molecule has 0 unspecified atom stereocenters. The van der Waals surface area contributed by atoms with Crippen molar-refractivity contribution in [3.05, 3.63) is 28.2 Å². The number of amides is 2. The lowest BCUT2D eigenvalue weighted by molar-refractivity contribution is -0.136. The molecule has 19 heavy (non-hydrogen) atoms. The van der Waals surface area contributed by atoms with Crippen molar-refractivity contribution >= 4 is 40.7 Å². The average molecular weight is 303 g/mol. The second-order valence-corrected chi connectivity index (χ2v) is 5.30. The van der Waals surface area contributed by atoms with E-state index in [2.05, 4.69) is 10.6 Å². The molecule has 4 nitrogen and oxygen atoms in total. The van der Waals surface area contributed by atoms with Crippen molar-refractivity contribution in [2.24, 2.45) is 5.92 Å². The van der Waals surface area contributed by atoms with Gasteiger partial charge in [-0.1, -0.05) is 43.1 Å². The van der Waals surface area contributed by atoms with Crippen molar-refractivity contribution in [2.75, 3.05) is 11.9 Å². The number of benzene rings is 1. The maximum absolute atomic E-state index is 11.7. The van der Waals surface area contributed by atoms with Gasteiger partial charge in [0.25, 0.3) is 0 Å². The lowest BCUT2D eigenvalue weighted by Crippen LogP contribution is -2.36. The van der Waals surface area contributed by atoms with Gasteiger partial charge in [-0.15, -0.1) is 0 Å². The summed E-state index contributed by atoms with van der Waals surface area (Å²) < 4.78 is 0. The molecule has 0 aliphatic rings. The van der Waals surface area contributed by atoms with E-state index in [0.717, 1.165) is 6.42 Å². The number of halogens is 2. The average Bonchev–Trinajstić information content (AvgIpc) is 2.33. The van der Waals surface area contributed by atoms with Gasteiger partial charge in [-0.05, 0) is 24.5 Å². The molecule has 1 aromatic carbocycles. The number of carbonyl (C=O) groups is 2. The quantitative estimate of drug-likeness (QED) is 0.840. The van der Waals surface area contributed by atoms with Gasteiger partial charge in [-0.25, -0.2) is 0 Å². The Morgan fingerprint density at radius 2 is 1.74 bits per heavy atom. The fourth-order valence-electron chi connectivity index (χ4n) is 1.34. The first kappa shape index (κ1) is 15.8. The molecule has 0 bridgehead atoms. The summed E-state index contributed by atoms with van der Waals surface area (Å²) >= 11 is 11.8. The predicted octanol–water partition coefficient (Wildman–Crippen LogP) is 3.09. The summed E-state index contributed by atoms with van der Waals surface area (Å²) in [7, 11) is 0. The maximum Gasteiger partial charge on any atom is 0.313 e. The highest BCUT2D eigenvalue weighted by molar-refractivity contribution is 6.44. The summed E-state index contributed by atoms with van der Waals surface area (Å²) in [6, 6.07) is 4.82. The van der Waals surface area contributed by atoms with Crippen molar-refractivity contribution in [1.82, 2.24) is 5.32 Å². The second kappa shape index (κ2) is 7.36. The van der Waals surface area contributed by atoms with E-state index >= 15 is 0 Å². The first-order chi connectivity index (χ1) is 8.91. The Morgan fingerprint density at radius 3 is 2.26 bits per heavy atom. The summed E-state index contributed by atoms with van der Waals surface area (Å²) in [6.07, 6.45) is 0.811. The molecule has 1 aromatic rings. The normalized spacial score (nSPS) is 10.4. The highest BCUT2D eigenvalue weighted by atomic mass is 35.5. The lowest BCUT2D eigenvalue weighted by atomic mass is 10.1.